The quantitative estimate of drug-likeness (QED) is 0.847. The number of phenols is 1. The van der Waals surface area contributed by atoms with Crippen molar-refractivity contribution in [3.05, 3.63) is 24.0 Å². The Morgan fingerprint density at radius 3 is 2.55 bits per heavy atom. The summed E-state index contributed by atoms with van der Waals surface area (Å²) in [5.74, 6) is -0.462. The van der Waals surface area contributed by atoms with Crippen LogP contribution in [0.1, 0.15) is 31.4 Å². The number of aromatic nitrogens is 2. The first-order chi connectivity index (χ1) is 9.17. The van der Waals surface area contributed by atoms with Crippen molar-refractivity contribution in [2.24, 2.45) is 0 Å². The van der Waals surface area contributed by atoms with Gasteiger partial charge in [0.15, 0.2) is 0 Å². The number of imidazole rings is 1. The molecule has 1 aromatic carbocycles. The number of halogens is 3. The number of hydrogen-bond acceptors (Lipinski definition) is 3. The second-order valence-electron chi connectivity index (χ2n) is 5.57. The topological polar surface area (TPSA) is 58.3 Å². The SMILES string of the molecule is CC1(O)CC(n2cnc3cc(O)cc(C(F)(F)F)c32)C1. The molecule has 108 valence electrons. The fraction of sp³-hybridized carbons (Fsp3) is 0.462. The van der Waals surface area contributed by atoms with Gasteiger partial charge < -0.3 is 14.8 Å². The number of benzene rings is 1. The van der Waals surface area contributed by atoms with Gasteiger partial charge in [-0.05, 0) is 25.8 Å². The lowest BCUT2D eigenvalue weighted by molar-refractivity contribution is -0.136. The van der Waals surface area contributed by atoms with E-state index in [9.17, 15) is 23.4 Å². The molecule has 7 heteroatoms. The summed E-state index contributed by atoms with van der Waals surface area (Å²) < 4.78 is 40.7. The predicted molar refractivity (Wildman–Crippen MR) is 65.3 cm³/mol. The summed E-state index contributed by atoms with van der Waals surface area (Å²) in [5.41, 5.74) is -1.69. The maximum absolute atomic E-state index is 13.1. The molecule has 1 aliphatic carbocycles. The molecule has 1 aliphatic rings. The lowest BCUT2D eigenvalue weighted by atomic mass is 9.77. The van der Waals surface area contributed by atoms with Gasteiger partial charge in [0.1, 0.15) is 5.75 Å². The van der Waals surface area contributed by atoms with Gasteiger partial charge >= 0.3 is 6.18 Å². The number of hydrogen-bond donors (Lipinski definition) is 2. The molecule has 0 radical (unpaired) electrons. The Morgan fingerprint density at radius 1 is 1.35 bits per heavy atom. The van der Waals surface area contributed by atoms with E-state index < -0.39 is 23.1 Å². The molecule has 0 spiro atoms. The Kier molecular flexibility index (Phi) is 2.57. The number of nitrogens with zero attached hydrogens (tertiary/aromatic N) is 2. The zero-order chi connectivity index (χ0) is 14.7. The van der Waals surface area contributed by atoms with Crippen molar-refractivity contribution >= 4 is 11.0 Å². The van der Waals surface area contributed by atoms with Crippen molar-refractivity contribution in [2.75, 3.05) is 0 Å². The summed E-state index contributed by atoms with van der Waals surface area (Å²) in [5, 5.41) is 19.1. The van der Waals surface area contributed by atoms with E-state index in [4.69, 9.17) is 0 Å². The molecule has 2 N–H and O–H groups in total. The number of alkyl halides is 3. The Morgan fingerprint density at radius 2 is 2.00 bits per heavy atom. The Bertz CT molecular complexity index is 668. The smallest absolute Gasteiger partial charge is 0.418 e. The number of rotatable bonds is 1. The van der Waals surface area contributed by atoms with Gasteiger partial charge in [-0.2, -0.15) is 13.2 Å². The van der Waals surface area contributed by atoms with Gasteiger partial charge in [0, 0.05) is 12.1 Å². The first kappa shape index (κ1) is 13.2. The number of aliphatic hydroxyl groups is 1. The average Bonchev–Trinajstić information content (AvgIpc) is 2.66. The van der Waals surface area contributed by atoms with Gasteiger partial charge in [0.2, 0.25) is 0 Å². The van der Waals surface area contributed by atoms with E-state index >= 15 is 0 Å². The van der Waals surface area contributed by atoms with E-state index in [2.05, 4.69) is 4.98 Å². The van der Waals surface area contributed by atoms with Crippen LogP contribution < -0.4 is 0 Å². The third-order valence-electron chi connectivity index (χ3n) is 3.70. The van der Waals surface area contributed by atoms with E-state index in [1.165, 1.54) is 17.0 Å². The molecule has 1 aromatic heterocycles. The zero-order valence-corrected chi connectivity index (χ0v) is 10.6. The van der Waals surface area contributed by atoms with E-state index in [0.717, 1.165) is 0 Å². The molecular weight excluding hydrogens is 273 g/mol. The highest BCUT2D eigenvalue weighted by atomic mass is 19.4. The highest BCUT2D eigenvalue weighted by Crippen LogP contribution is 2.44. The molecule has 2 aromatic rings. The first-order valence-corrected chi connectivity index (χ1v) is 6.16. The Labute approximate surface area is 112 Å². The second kappa shape index (κ2) is 3.88. The standard InChI is InChI=1S/C13H13F3N2O2/c1-12(20)4-7(5-12)18-6-17-10-3-8(19)2-9(11(10)18)13(14,15)16/h2-3,6-7,19-20H,4-5H2,1H3. The molecule has 3 rings (SSSR count). The van der Waals surface area contributed by atoms with Crippen molar-refractivity contribution in [1.29, 1.82) is 0 Å². The summed E-state index contributed by atoms with van der Waals surface area (Å²) in [7, 11) is 0. The maximum atomic E-state index is 13.1. The van der Waals surface area contributed by atoms with Crippen LogP contribution >= 0.6 is 0 Å². The minimum Gasteiger partial charge on any atom is -0.508 e. The van der Waals surface area contributed by atoms with Gasteiger partial charge in [0.05, 0.1) is 28.5 Å². The third kappa shape index (κ3) is 2.02. The van der Waals surface area contributed by atoms with Crippen molar-refractivity contribution in [3.63, 3.8) is 0 Å². The summed E-state index contributed by atoms with van der Waals surface area (Å²) in [4.78, 5) is 3.93. The van der Waals surface area contributed by atoms with Crippen LogP contribution in [0.15, 0.2) is 18.5 Å². The molecule has 4 nitrogen and oxygen atoms in total. The molecule has 0 saturated heterocycles. The molecule has 0 amide bonds. The molecule has 0 bridgehead atoms. The van der Waals surface area contributed by atoms with E-state index in [0.29, 0.717) is 18.9 Å². The number of aromatic hydroxyl groups is 1. The summed E-state index contributed by atoms with van der Waals surface area (Å²) in [6.45, 7) is 1.65. The largest absolute Gasteiger partial charge is 0.508 e. The fourth-order valence-corrected chi connectivity index (χ4v) is 2.80. The van der Waals surface area contributed by atoms with Gasteiger partial charge in [-0.3, -0.25) is 0 Å². The van der Waals surface area contributed by atoms with Crippen LogP contribution in [0.2, 0.25) is 0 Å². The fourth-order valence-electron chi connectivity index (χ4n) is 2.80. The van der Waals surface area contributed by atoms with Gasteiger partial charge in [0.25, 0.3) is 0 Å². The van der Waals surface area contributed by atoms with Gasteiger partial charge in [-0.25, -0.2) is 4.98 Å². The van der Waals surface area contributed by atoms with Crippen molar-refractivity contribution < 1.29 is 23.4 Å². The average molecular weight is 286 g/mol. The van der Waals surface area contributed by atoms with Crippen molar-refractivity contribution in [3.8, 4) is 5.75 Å². The zero-order valence-electron chi connectivity index (χ0n) is 10.6. The number of phenolic OH excluding ortho intramolecular Hbond substituents is 1. The maximum Gasteiger partial charge on any atom is 0.418 e. The van der Waals surface area contributed by atoms with Crippen LogP contribution in [0.5, 0.6) is 5.75 Å². The molecular formula is C13H13F3N2O2. The second-order valence-corrected chi connectivity index (χ2v) is 5.57. The third-order valence-corrected chi connectivity index (χ3v) is 3.70. The molecule has 0 aliphatic heterocycles. The Hall–Kier alpha value is -1.76. The first-order valence-electron chi connectivity index (χ1n) is 6.16. The molecule has 0 atom stereocenters. The summed E-state index contributed by atoms with van der Waals surface area (Å²) in [6.07, 6.45) is -2.46. The predicted octanol–water partition coefficient (Wildman–Crippen LogP) is 2.85. The van der Waals surface area contributed by atoms with Crippen LogP contribution in [-0.2, 0) is 6.18 Å². The van der Waals surface area contributed by atoms with E-state index in [1.807, 2.05) is 0 Å². The monoisotopic (exact) mass is 286 g/mol. The van der Waals surface area contributed by atoms with Crippen LogP contribution in [0.25, 0.3) is 11.0 Å². The molecule has 1 heterocycles. The normalized spacial score (nSPS) is 26.8. The Balaban J connectivity index is 2.16. The lowest BCUT2D eigenvalue weighted by Gasteiger charge is -2.41. The van der Waals surface area contributed by atoms with Gasteiger partial charge in [-0.15, -0.1) is 0 Å². The number of fused-ring (bicyclic) bond motifs is 1. The molecule has 20 heavy (non-hydrogen) atoms. The highest BCUT2D eigenvalue weighted by molar-refractivity contribution is 5.81. The van der Waals surface area contributed by atoms with E-state index in [-0.39, 0.29) is 17.1 Å². The van der Waals surface area contributed by atoms with Crippen LogP contribution in [0, 0.1) is 0 Å². The van der Waals surface area contributed by atoms with E-state index in [1.54, 1.807) is 6.92 Å². The van der Waals surface area contributed by atoms with Crippen LogP contribution in [0.3, 0.4) is 0 Å². The minimum absolute atomic E-state index is 0.0456. The molecule has 1 fully saturated rings. The summed E-state index contributed by atoms with van der Waals surface area (Å²) in [6, 6.07) is 1.70. The summed E-state index contributed by atoms with van der Waals surface area (Å²) >= 11 is 0. The lowest BCUT2D eigenvalue weighted by Crippen LogP contribution is -2.41. The minimum atomic E-state index is -4.57. The van der Waals surface area contributed by atoms with Gasteiger partial charge in [-0.1, -0.05) is 0 Å². The van der Waals surface area contributed by atoms with Crippen molar-refractivity contribution in [1.82, 2.24) is 9.55 Å². The van der Waals surface area contributed by atoms with Crippen LogP contribution in [-0.4, -0.2) is 25.4 Å². The highest BCUT2D eigenvalue weighted by Gasteiger charge is 2.42. The molecule has 0 unspecified atom stereocenters. The van der Waals surface area contributed by atoms with Crippen LogP contribution in [0.4, 0.5) is 13.2 Å². The van der Waals surface area contributed by atoms with Crippen molar-refractivity contribution in [2.45, 2.75) is 37.6 Å². The molecule has 1 saturated carbocycles.